The zero-order chi connectivity index (χ0) is 7.89. The number of aliphatic hydroxyl groups is 1. The van der Waals surface area contributed by atoms with Crippen molar-refractivity contribution >= 4 is 10.8 Å². The van der Waals surface area contributed by atoms with Crippen molar-refractivity contribution in [2.75, 3.05) is 0 Å². The molecular formula is C7H10O2S. The van der Waals surface area contributed by atoms with E-state index in [0.717, 1.165) is 16.1 Å². The summed E-state index contributed by atoms with van der Waals surface area (Å²) in [6.45, 7) is 5.42. The van der Waals surface area contributed by atoms with Crippen LogP contribution in [0.5, 0.6) is 0 Å². The molecule has 1 aliphatic rings. The molecule has 2 nitrogen and oxygen atoms in total. The lowest BCUT2D eigenvalue weighted by Gasteiger charge is -1.91. The summed E-state index contributed by atoms with van der Waals surface area (Å²) >= 11 is 0. The zero-order valence-electron chi connectivity index (χ0n) is 6.26. The minimum absolute atomic E-state index is 0.0231. The minimum atomic E-state index is -1.26. The van der Waals surface area contributed by atoms with Crippen molar-refractivity contribution in [3.63, 3.8) is 0 Å². The van der Waals surface area contributed by atoms with E-state index in [0.29, 0.717) is 0 Å². The van der Waals surface area contributed by atoms with E-state index in [2.05, 4.69) is 0 Å². The molecule has 0 aromatic rings. The normalized spacial score (nSPS) is 26.5. The Bertz CT molecular complexity index is 235. The Morgan fingerprint density at radius 2 is 1.70 bits per heavy atom. The molecule has 1 rings (SSSR count). The van der Waals surface area contributed by atoms with Crippen LogP contribution in [0, 0.1) is 0 Å². The minimum Gasteiger partial charge on any atom is -0.500 e. The van der Waals surface area contributed by atoms with Gasteiger partial charge in [-0.05, 0) is 26.3 Å². The van der Waals surface area contributed by atoms with Crippen LogP contribution in [-0.2, 0) is 10.8 Å². The Morgan fingerprint density at radius 3 is 1.80 bits per heavy atom. The Morgan fingerprint density at radius 1 is 1.20 bits per heavy atom. The van der Waals surface area contributed by atoms with Gasteiger partial charge in [0.05, 0.1) is 0 Å². The third-order valence-corrected chi connectivity index (χ3v) is 3.38. The predicted molar refractivity (Wildman–Crippen MR) is 41.8 cm³/mol. The highest BCUT2D eigenvalue weighted by Crippen LogP contribution is 2.29. The fraction of sp³-hybridized carbons (Fsp3) is 0.429. The Hall–Kier alpha value is -0.570. The number of allylic oxidation sites excluding steroid dienone is 3. The lowest BCUT2D eigenvalue weighted by molar-refractivity contribution is 0.446. The fourth-order valence-corrected chi connectivity index (χ4v) is 2.00. The van der Waals surface area contributed by atoms with Gasteiger partial charge in [-0.15, -0.1) is 0 Å². The second-order valence-electron chi connectivity index (χ2n) is 2.38. The van der Waals surface area contributed by atoms with Crippen molar-refractivity contribution in [1.82, 2.24) is 0 Å². The lowest BCUT2D eigenvalue weighted by Crippen LogP contribution is -1.89. The summed E-state index contributed by atoms with van der Waals surface area (Å²) in [5, 5.41) is 9.17. The van der Waals surface area contributed by atoms with Crippen molar-refractivity contribution in [3.8, 4) is 0 Å². The molecule has 0 aromatic heterocycles. The molecule has 0 radical (unpaired) electrons. The van der Waals surface area contributed by atoms with Crippen LogP contribution in [0.4, 0.5) is 0 Å². The zero-order valence-corrected chi connectivity index (χ0v) is 7.08. The van der Waals surface area contributed by atoms with Gasteiger partial charge in [0.1, 0.15) is 10.8 Å². The van der Waals surface area contributed by atoms with Crippen LogP contribution in [-0.4, -0.2) is 9.32 Å². The van der Waals surface area contributed by atoms with Gasteiger partial charge in [-0.2, -0.15) is 0 Å². The number of hydrogen-bond acceptors (Lipinski definition) is 2. The largest absolute Gasteiger partial charge is 0.500 e. The Balaban J connectivity index is 3.22. The van der Waals surface area contributed by atoms with E-state index in [4.69, 9.17) is 5.11 Å². The highest BCUT2D eigenvalue weighted by Gasteiger charge is 2.22. The number of rotatable bonds is 0. The second-order valence-corrected chi connectivity index (χ2v) is 3.92. The van der Waals surface area contributed by atoms with E-state index in [-0.39, 0.29) is 5.09 Å². The van der Waals surface area contributed by atoms with Gasteiger partial charge in [0.15, 0.2) is 5.09 Å². The summed E-state index contributed by atoms with van der Waals surface area (Å²) in [4.78, 5) is 0.773. The topological polar surface area (TPSA) is 37.3 Å². The second kappa shape index (κ2) is 2.23. The van der Waals surface area contributed by atoms with E-state index in [1.54, 1.807) is 13.8 Å². The third-order valence-electron chi connectivity index (χ3n) is 1.87. The highest BCUT2D eigenvalue weighted by molar-refractivity contribution is 7.92. The van der Waals surface area contributed by atoms with E-state index >= 15 is 0 Å². The highest BCUT2D eigenvalue weighted by atomic mass is 32.2. The van der Waals surface area contributed by atoms with Crippen molar-refractivity contribution in [1.29, 1.82) is 0 Å². The standard InChI is InChI=1S/C7H10O2S/c1-4-5(2)7(8)10(9)6(4)3/h8H,1-3H3. The molecule has 1 N–H and O–H groups in total. The van der Waals surface area contributed by atoms with Crippen LogP contribution in [0.2, 0.25) is 0 Å². The van der Waals surface area contributed by atoms with Crippen LogP contribution in [0.1, 0.15) is 20.8 Å². The van der Waals surface area contributed by atoms with Crippen LogP contribution in [0.15, 0.2) is 21.1 Å². The molecule has 1 aliphatic heterocycles. The van der Waals surface area contributed by atoms with Crippen molar-refractivity contribution in [3.05, 3.63) is 21.1 Å². The van der Waals surface area contributed by atoms with Gasteiger partial charge in [0.2, 0.25) is 0 Å². The van der Waals surface area contributed by atoms with Crippen LogP contribution >= 0.6 is 0 Å². The van der Waals surface area contributed by atoms with Gasteiger partial charge >= 0.3 is 0 Å². The molecule has 0 saturated heterocycles. The third kappa shape index (κ3) is 0.814. The molecule has 0 aromatic carbocycles. The molecule has 0 bridgehead atoms. The van der Waals surface area contributed by atoms with Gasteiger partial charge in [0, 0.05) is 10.5 Å². The summed E-state index contributed by atoms with van der Waals surface area (Å²) in [6.07, 6.45) is 0. The Labute approximate surface area is 62.7 Å². The number of aliphatic hydroxyl groups excluding tert-OH is 1. The van der Waals surface area contributed by atoms with E-state index in [1.165, 1.54) is 0 Å². The predicted octanol–water partition coefficient (Wildman–Crippen LogP) is 1.83. The molecular weight excluding hydrogens is 148 g/mol. The molecule has 1 unspecified atom stereocenters. The summed E-state index contributed by atoms with van der Waals surface area (Å²) in [5.41, 5.74) is 1.71. The van der Waals surface area contributed by atoms with Crippen LogP contribution < -0.4 is 0 Å². The Kier molecular flexibility index (Phi) is 1.68. The first-order chi connectivity index (χ1) is 4.55. The van der Waals surface area contributed by atoms with Crippen LogP contribution in [0.3, 0.4) is 0 Å². The summed E-state index contributed by atoms with van der Waals surface area (Å²) < 4.78 is 11.1. The van der Waals surface area contributed by atoms with E-state index in [9.17, 15) is 4.21 Å². The molecule has 56 valence electrons. The van der Waals surface area contributed by atoms with Gasteiger partial charge < -0.3 is 5.11 Å². The summed E-state index contributed by atoms with van der Waals surface area (Å²) in [7, 11) is -1.26. The first-order valence-corrected chi connectivity index (χ1v) is 4.20. The summed E-state index contributed by atoms with van der Waals surface area (Å²) in [5.74, 6) is 0. The molecule has 0 spiro atoms. The van der Waals surface area contributed by atoms with E-state index in [1.807, 2.05) is 6.92 Å². The van der Waals surface area contributed by atoms with Gasteiger partial charge in [0.25, 0.3) is 0 Å². The number of hydrogen-bond donors (Lipinski definition) is 1. The van der Waals surface area contributed by atoms with Crippen molar-refractivity contribution in [2.24, 2.45) is 0 Å². The first kappa shape index (κ1) is 7.54. The summed E-state index contributed by atoms with van der Waals surface area (Å²) in [6, 6.07) is 0. The molecule has 10 heavy (non-hydrogen) atoms. The van der Waals surface area contributed by atoms with Gasteiger partial charge in [-0.1, -0.05) is 0 Å². The molecule has 0 amide bonds. The van der Waals surface area contributed by atoms with E-state index < -0.39 is 10.8 Å². The molecule has 0 fully saturated rings. The average Bonchev–Trinajstić information content (AvgIpc) is 2.07. The molecule has 0 aliphatic carbocycles. The lowest BCUT2D eigenvalue weighted by atomic mass is 10.1. The smallest absolute Gasteiger partial charge is 0.188 e. The molecule has 1 heterocycles. The maximum Gasteiger partial charge on any atom is 0.188 e. The maximum atomic E-state index is 11.1. The first-order valence-electron chi connectivity index (χ1n) is 3.05. The van der Waals surface area contributed by atoms with Gasteiger partial charge in [-0.25, -0.2) is 4.21 Å². The van der Waals surface area contributed by atoms with Crippen LogP contribution in [0.25, 0.3) is 0 Å². The molecule has 0 saturated carbocycles. The molecule has 1 atom stereocenters. The van der Waals surface area contributed by atoms with Crippen molar-refractivity contribution in [2.45, 2.75) is 20.8 Å². The molecule has 3 heteroatoms. The monoisotopic (exact) mass is 158 g/mol. The van der Waals surface area contributed by atoms with Gasteiger partial charge in [-0.3, -0.25) is 0 Å². The SMILES string of the molecule is CC1=C(C)S(=O)C(O)=C1C. The maximum absolute atomic E-state index is 11.1. The average molecular weight is 158 g/mol. The quantitative estimate of drug-likeness (QED) is 0.584. The van der Waals surface area contributed by atoms with Crippen molar-refractivity contribution < 1.29 is 9.32 Å². The fourth-order valence-electron chi connectivity index (χ4n) is 0.848.